The van der Waals surface area contributed by atoms with Crippen molar-refractivity contribution in [3.05, 3.63) is 58.1 Å². The Morgan fingerprint density at radius 2 is 1.83 bits per heavy atom. The lowest BCUT2D eigenvalue weighted by molar-refractivity contribution is -0.114. The second-order valence-corrected chi connectivity index (χ2v) is 9.23. The van der Waals surface area contributed by atoms with E-state index in [-0.39, 0.29) is 16.9 Å². The second kappa shape index (κ2) is 8.10. The summed E-state index contributed by atoms with van der Waals surface area (Å²) in [6.45, 7) is 5.60. The van der Waals surface area contributed by atoms with Crippen LogP contribution < -0.4 is 14.9 Å². The monoisotopic (exact) mass is 477 g/mol. The SMILES string of the molecule is CC1=NN(c2ccc(S(N)(=O)=O)cc2)C(=O)/C1=C/c1cc(Br)ccc1OC(C)C. The predicted octanol–water partition coefficient (Wildman–Crippen LogP) is 3.69. The van der Waals surface area contributed by atoms with E-state index in [9.17, 15) is 13.2 Å². The number of halogens is 1. The molecular formula is C20H20BrN3O4S. The van der Waals surface area contributed by atoms with Crippen LogP contribution in [0, 0.1) is 0 Å². The summed E-state index contributed by atoms with van der Waals surface area (Å²) < 4.78 is 29.5. The number of anilines is 1. The Bertz CT molecular complexity index is 1120. The molecule has 0 fully saturated rings. The van der Waals surface area contributed by atoms with Crippen LogP contribution >= 0.6 is 15.9 Å². The molecule has 0 unspecified atom stereocenters. The van der Waals surface area contributed by atoms with Gasteiger partial charge in [-0.15, -0.1) is 0 Å². The molecule has 0 bridgehead atoms. The summed E-state index contributed by atoms with van der Waals surface area (Å²) in [5, 5.41) is 10.7. The number of carbonyl (C=O) groups excluding carboxylic acids is 1. The maximum absolute atomic E-state index is 13.0. The Hall–Kier alpha value is -2.49. The van der Waals surface area contributed by atoms with Crippen molar-refractivity contribution >= 4 is 49.3 Å². The highest BCUT2D eigenvalue weighted by molar-refractivity contribution is 9.10. The Kier molecular flexibility index (Phi) is 5.92. The van der Waals surface area contributed by atoms with Crippen molar-refractivity contribution in [3.63, 3.8) is 0 Å². The van der Waals surface area contributed by atoms with Crippen molar-refractivity contribution in [3.8, 4) is 5.75 Å². The first-order chi connectivity index (χ1) is 13.6. The van der Waals surface area contributed by atoms with E-state index in [4.69, 9.17) is 9.88 Å². The zero-order valence-electron chi connectivity index (χ0n) is 16.1. The van der Waals surface area contributed by atoms with Gasteiger partial charge < -0.3 is 4.74 Å². The first-order valence-electron chi connectivity index (χ1n) is 8.77. The van der Waals surface area contributed by atoms with E-state index in [0.29, 0.717) is 22.7 Å². The molecule has 2 aromatic carbocycles. The summed E-state index contributed by atoms with van der Waals surface area (Å²) in [5.74, 6) is 0.341. The van der Waals surface area contributed by atoms with E-state index in [2.05, 4.69) is 21.0 Å². The molecule has 0 spiro atoms. The van der Waals surface area contributed by atoms with Crippen LogP contribution in [-0.2, 0) is 14.8 Å². The average molecular weight is 478 g/mol. The van der Waals surface area contributed by atoms with Gasteiger partial charge in [0, 0.05) is 10.0 Å². The zero-order valence-corrected chi connectivity index (χ0v) is 18.5. The summed E-state index contributed by atoms with van der Waals surface area (Å²) in [6, 6.07) is 11.2. The van der Waals surface area contributed by atoms with Gasteiger partial charge in [-0.25, -0.2) is 13.6 Å². The third-order valence-corrected chi connectivity index (χ3v) is 5.53. The van der Waals surface area contributed by atoms with Gasteiger partial charge in [-0.2, -0.15) is 10.1 Å². The number of primary sulfonamides is 1. The van der Waals surface area contributed by atoms with Crippen LogP contribution in [0.1, 0.15) is 26.3 Å². The number of benzene rings is 2. The van der Waals surface area contributed by atoms with E-state index in [0.717, 1.165) is 10.0 Å². The molecule has 0 atom stereocenters. The van der Waals surface area contributed by atoms with Gasteiger partial charge in [-0.3, -0.25) is 4.79 Å². The summed E-state index contributed by atoms with van der Waals surface area (Å²) in [5.41, 5.74) is 2.16. The number of nitrogens with zero attached hydrogens (tertiary/aromatic N) is 2. The first kappa shape index (κ1) is 21.2. The van der Waals surface area contributed by atoms with Crippen molar-refractivity contribution in [2.75, 3.05) is 5.01 Å². The Morgan fingerprint density at radius 3 is 2.41 bits per heavy atom. The maximum atomic E-state index is 13.0. The normalized spacial score (nSPS) is 15.9. The topological polar surface area (TPSA) is 102 Å². The van der Waals surface area contributed by atoms with Crippen molar-refractivity contribution in [2.24, 2.45) is 10.2 Å². The quantitative estimate of drug-likeness (QED) is 0.663. The Labute approximate surface area is 178 Å². The fourth-order valence-electron chi connectivity index (χ4n) is 2.79. The fraction of sp³-hybridized carbons (Fsp3) is 0.200. The molecule has 7 nitrogen and oxygen atoms in total. The van der Waals surface area contributed by atoms with Crippen LogP contribution in [0.5, 0.6) is 5.75 Å². The number of rotatable bonds is 5. The van der Waals surface area contributed by atoms with E-state index in [1.165, 1.54) is 29.3 Å². The standard InChI is InChI=1S/C20H20BrN3O4S/c1-12(2)28-19-9-4-15(21)10-14(19)11-18-13(3)23-24(20(18)25)16-5-7-17(8-6-16)29(22,26)27/h4-12H,1-3H3,(H2,22,26,27)/b18-11+. The van der Waals surface area contributed by atoms with E-state index in [1.807, 2.05) is 32.0 Å². The van der Waals surface area contributed by atoms with Gasteiger partial charge in [0.25, 0.3) is 5.91 Å². The van der Waals surface area contributed by atoms with Crippen molar-refractivity contribution in [1.82, 2.24) is 0 Å². The molecule has 1 aliphatic rings. The minimum Gasteiger partial charge on any atom is -0.490 e. The molecule has 29 heavy (non-hydrogen) atoms. The number of hydrazone groups is 1. The molecule has 1 aliphatic heterocycles. The number of hydrogen-bond acceptors (Lipinski definition) is 5. The van der Waals surface area contributed by atoms with Crippen LogP contribution in [0.2, 0.25) is 0 Å². The minimum absolute atomic E-state index is 0.0174. The van der Waals surface area contributed by atoms with Crippen molar-refractivity contribution in [1.29, 1.82) is 0 Å². The van der Waals surface area contributed by atoms with Crippen LogP contribution in [-0.4, -0.2) is 26.1 Å². The molecule has 0 radical (unpaired) electrons. The van der Waals surface area contributed by atoms with Gasteiger partial charge in [0.1, 0.15) is 5.75 Å². The lowest BCUT2D eigenvalue weighted by Gasteiger charge is -2.14. The lowest BCUT2D eigenvalue weighted by atomic mass is 10.1. The molecule has 1 amide bonds. The number of amides is 1. The second-order valence-electron chi connectivity index (χ2n) is 6.75. The van der Waals surface area contributed by atoms with E-state index >= 15 is 0 Å². The first-order valence-corrected chi connectivity index (χ1v) is 11.1. The van der Waals surface area contributed by atoms with Gasteiger partial charge in [0.15, 0.2) is 0 Å². The van der Waals surface area contributed by atoms with E-state index < -0.39 is 10.0 Å². The van der Waals surface area contributed by atoms with Crippen LogP contribution in [0.15, 0.2) is 62.5 Å². The highest BCUT2D eigenvalue weighted by atomic mass is 79.9. The third kappa shape index (κ3) is 4.75. The number of sulfonamides is 1. The van der Waals surface area contributed by atoms with Crippen LogP contribution in [0.25, 0.3) is 6.08 Å². The molecule has 2 N–H and O–H groups in total. The molecule has 0 saturated heterocycles. The summed E-state index contributed by atoms with van der Waals surface area (Å²) in [7, 11) is -3.81. The minimum atomic E-state index is -3.81. The van der Waals surface area contributed by atoms with Crippen molar-refractivity contribution < 1.29 is 17.9 Å². The number of carbonyl (C=O) groups is 1. The number of nitrogens with two attached hydrogens (primary N) is 1. The molecule has 152 valence electrons. The lowest BCUT2D eigenvalue weighted by Crippen LogP contribution is -2.21. The largest absolute Gasteiger partial charge is 0.490 e. The Balaban J connectivity index is 1.96. The smallest absolute Gasteiger partial charge is 0.280 e. The maximum Gasteiger partial charge on any atom is 0.280 e. The third-order valence-electron chi connectivity index (χ3n) is 4.11. The highest BCUT2D eigenvalue weighted by Gasteiger charge is 2.29. The van der Waals surface area contributed by atoms with Crippen LogP contribution in [0.3, 0.4) is 0 Å². The molecule has 3 rings (SSSR count). The van der Waals surface area contributed by atoms with Gasteiger partial charge >= 0.3 is 0 Å². The Morgan fingerprint density at radius 1 is 1.17 bits per heavy atom. The zero-order chi connectivity index (χ0) is 21.3. The average Bonchev–Trinajstić information content (AvgIpc) is 2.91. The molecule has 0 saturated carbocycles. The van der Waals surface area contributed by atoms with Crippen molar-refractivity contribution in [2.45, 2.75) is 31.8 Å². The molecule has 9 heteroatoms. The van der Waals surface area contributed by atoms with Gasteiger partial charge in [-0.05, 0) is 69.3 Å². The summed E-state index contributed by atoms with van der Waals surface area (Å²) in [6.07, 6.45) is 1.72. The summed E-state index contributed by atoms with van der Waals surface area (Å²) >= 11 is 3.44. The van der Waals surface area contributed by atoms with E-state index in [1.54, 1.807) is 13.0 Å². The molecule has 1 heterocycles. The van der Waals surface area contributed by atoms with Gasteiger partial charge in [-0.1, -0.05) is 15.9 Å². The summed E-state index contributed by atoms with van der Waals surface area (Å²) in [4.78, 5) is 12.9. The van der Waals surface area contributed by atoms with Gasteiger partial charge in [0.05, 0.1) is 28.0 Å². The highest BCUT2D eigenvalue weighted by Crippen LogP contribution is 2.30. The molecule has 2 aromatic rings. The number of ether oxygens (including phenoxy) is 1. The predicted molar refractivity (Wildman–Crippen MR) is 116 cm³/mol. The number of hydrogen-bond donors (Lipinski definition) is 1. The molecular weight excluding hydrogens is 458 g/mol. The fourth-order valence-corrected chi connectivity index (χ4v) is 3.68. The molecule has 0 aromatic heterocycles. The van der Waals surface area contributed by atoms with Crippen LogP contribution in [0.4, 0.5) is 5.69 Å². The molecule has 0 aliphatic carbocycles. The van der Waals surface area contributed by atoms with Gasteiger partial charge in [0.2, 0.25) is 10.0 Å².